The molecule has 1 aliphatic rings. The number of hydrogen-bond acceptors (Lipinski definition) is 2. The predicted molar refractivity (Wildman–Crippen MR) is 57.1 cm³/mol. The van der Waals surface area contributed by atoms with Crippen LogP contribution in [-0.4, -0.2) is 19.8 Å². The maximum atomic E-state index is 13.1. The molecule has 1 aliphatic heterocycles. The maximum Gasteiger partial charge on any atom is 0.123 e. The lowest BCUT2D eigenvalue weighted by molar-refractivity contribution is 0.181. The largest absolute Gasteiger partial charge is 0.381 e. The quantitative estimate of drug-likeness (QED) is 0.825. The standard InChI is InChI=1S/C12H16FNO/c13-11-3-1-2-9(6-11)12(7-14)10-4-5-15-8-10/h1-3,6,10,12H,4-5,7-8,14H2. The molecular formula is C12H16FNO. The van der Waals surface area contributed by atoms with E-state index >= 15 is 0 Å². The van der Waals surface area contributed by atoms with Gasteiger partial charge in [-0.2, -0.15) is 0 Å². The van der Waals surface area contributed by atoms with Crippen LogP contribution < -0.4 is 5.73 Å². The monoisotopic (exact) mass is 209 g/mol. The van der Waals surface area contributed by atoms with E-state index in [-0.39, 0.29) is 11.7 Å². The minimum Gasteiger partial charge on any atom is -0.381 e. The fraction of sp³-hybridized carbons (Fsp3) is 0.500. The van der Waals surface area contributed by atoms with Crippen LogP contribution in [0.4, 0.5) is 4.39 Å². The van der Waals surface area contributed by atoms with Crippen molar-refractivity contribution in [2.75, 3.05) is 19.8 Å². The highest BCUT2D eigenvalue weighted by atomic mass is 19.1. The van der Waals surface area contributed by atoms with Crippen LogP contribution in [0.15, 0.2) is 24.3 Å². The summed E-state index contributed by atoms with van der Waals surface area (Å²) in [4.78, 5) is 0. The molecule has 0 amide bonds. The van der Waals surface area contributed by atoms with E-state index < -0.39 is 0 Å². The van der Waals surface area contributed by atoms with E-state index in [9.17, 15) is 4.39 Å². The average molecular weight is 209 g/mol. The molecule has 1 fully saturated rings. The normalized spacial score (nSPS) is 22.9. The third kappa shape index (κ3) is 2.36. The van der Waals surface area contributed by atoms with Gasteiger partial charge in [-0.05, 0) is 36.6 Å². The van der Waals surface area contributed by atoms with Crippen LogP contribution in [0.5, 0.6) is 0 Å². The second-order valence-electron chi connectivity index (χ2n) is 4.02. The topological polar surface area (TPSA) is 35.2 Å². The lowest BCUT2D eigenvalue weighted by atomic mass is 9.85. The van der Waals surface area contributed by atoms with E-state index in [0.717, 1.165) is 25.2 Å². The van der Waals surface area contributed by atoms with Crippen molar-refractivity contribution in [2.45, 2.75) is 12.3 Å². The van der Waals surface area contributed by atoms with Crippen LogP contribution in [0, 0.1) is 11.7 Å². The first-order valence-electron chi connectivity index (χ1n) is 5.34. The summed E-state index contributed by atoms with van der Waals surface area (Å²) >= 11 is 0. The van der Waals surface area contributed by atoms with Crippen LogP contribution in [0.1, 0.15) is 17.9 Å². The Morgan fingerprint density at radius 2 is 2.40 bits per heavy atom. The molecule has 1 aromatic rings. The van der Waals surface area contributed by atoms with Crippen molar-refractivity contribution in [1.29, 1.82) is 0 Å². The zero-order valence-corrected chi connectivity index (χ0v) is 8.66. The first-order valence-corrected chi connectivity index (χ1v) is 5.34. The van der Waals surface area contributed by atoms with Crippen molar-refractivity contribution in [2.24, 2.45) is 11.7 Å². The zero-order valence-electron chi connectivity index (χ0n) is 8.66. The molecule has 2 unspecified atom stereocenters. The van der Waals surface area contributed by atoms with E-state index in [0.29, 0.717) is 12.5 Å². The number of benzene rings is 1. The van der Waals surface area contributed by atoms with Gasteiger partial charge in [0.1, 0.15) is 5.82 Å². The molecule has 15 heavy (non-hydrogen) atoms. The third-order valence-corrected chi connectivity index (χ3v) is 3.06. The van der Waals surface area contributed by atoms with Crippen molar-refractivity contribution in [3.63, 3.8) is 0 Å². The highest BCUT2D eigenvalue weighted by Gasteiger charge is 2.26. The van der Waals surface area contributed by atoms with Gasteiger partial charge >= 0.3 is 0 Å². The van der Waals surface area contributed by atoms with Crippen molar-refractivity contribution in [3.8, 4) is 0 Å². The third-order valence-electron chi connectivity index (χ3n) is 3.06. The lowest BCUT2D eigenvalue weighted by Crippen LogP contribution is -2.22. The van der Waals surface area contributed by atoms with E-state index in [2.05, 4.69) is 0 Å². The van der Waals surface area contributed by atoms with Gasteiger partial charge in [0, 0.05) is 12.5 Å². The molecule has 0 saturated carbocycles. The lowest BCUT2D eigenvalue weighted by Gasteiger charge is -2.20. The fourth-order valence-electron chi connectivity index (χ4n) is 2.21. The molecule has 0 bridgehead atoms. The van der Waals surface area contributed by atoms with Gasteiger partial charge in [-0.15, -0.1) is 0 Å². The number of nitrogens with two attached hydrogens (primary N) is 1. The molecule has 0 radical (unpaired) electrons. The Balaban J connectivity index is 2.18. The molecular weight excluding hydrogens is 193 g/mol. The molecule has 82 valence electrons. The predicted octanol–water partition coefficient (Wildman–Crippen LogP) is 1.90. The minimum absolute atomic E-state index is 0.190. The highest BCUT2D eigenvalue weighted by molar-refractivity contribution is 5.22. The second kappa shape index (κ2) is 4.73. The number of rotatable bonds is 3. The van der Waals surface area contributed by atoms with Gasteiger partial charge in [0.25, 0.3) is 0 Å². The van der Waals surface area contributed by atoms with Crippen molar-refractivity contribution >= 4 is 0 Å². The zero-order chi connectivity index (χ0) is 10.7. The minimum atomic E-state index is -0.190. The van der Waals surface area contributed by atoms with Gasteiger partial charge in [0.15, 0.2) is 0 Å². The summed E-state index contributed by atoms with van der Waals surface area (Å²) in [6.45, 7) is 2.10. The Bertz CT molecular complexity index is 323. The summed E-state index contributed by atoms with van der Waals surface area (Å²) in [6.07, 6.45) is 1.03. The first kappa shape index (κ1) is 10.6. The number of ether oxygens (including phenoxy) is 1. The molecule has 3 heteroatoms. The molecule has 2 N–H and O–H groups in total. The molecule has 2 atom stereocenters. The van der Waals surface area contributed by atoms with Crippen LogP contribution >= 0.6 is 0 Å². The van der Waals surface area contributed by atoms with Crippen molar-refractivity contribution in [1.82, 2.24) is 0 Å². The highest BCUT2D eigenvalue weighted by Crippen LogP contribution is 2.30. The molecule has 2 nitrogen and oxygen atoms in total. The molecule has 1 saturated heterocycles. The molecule has 0 spiro atoms. The summed E-state index contributed by atoms with van der Waals surface area (Å²) in [5.74, 6) is 0.477. The van der Waals surface area contributed by atoms with Crippen LogP contribution in [-0.2, 0) is 4.74 Å². The second-order valence-corrected chi connectivity index (χ2v) is 4.02. The number of hydrogen-bond donors (Lipinski definition) is 1. The van der Waals surface area contributed by atoms with Crippen molar-refractivity contribution < 1.29 is 9.13 Å². The molecule has 2 rings (SSSR count). The fourth-order valence-corrected chi connectivity index (χ4v) is 2.21. The van der Waals surface area contributed by atoms with E-state index in [4.69, 9.17) is 10.5 Å². The smallest absolute Gasteiger partial charge is 0.123 e. The Morgan fingerprint density at radius 3 is 3.00 bits per heavy atom. The molecule has 1 aromatic carbocycles. The Labute approximate surface area is 89.2 Å². The average Bonchev–Trinajstić information content (AvgIpc) is 2.72. The van der Waals surface area contributed by atoms with E-state index in [1.165, 1.54) is 6.07 Å². The summed E-state index contributed by atoms with van der Waals surface area (Å²) in [5, 5.41) is 0. The van der Waals surface area contributed by atoms with E-state index in [1.54, 1.807) is 12.1 Å². The summed E-state index contributed by atoms with van der Waals surface area (Å²) in [6, 6.07) is 6.72. The van der Waals surface area contributed by atoms with Gasteiger partial charge in [-0.3, -0.25) is 0 Å². The Morgan fingerprint density at radius 1 is 1.53 bits per heavy atom. The summed E-state index contributed by atoms with van der Waals surface area (Å²) in [7, 11) is 0. The summed E-state index contributed by atoms with van der Waals surface area (Å²) < 4.78 is 18.4. The van der Waals surface area contributed by atoms with Gasteiger partial charge in [0.05, 0.1) is 6.61 Å². The maximum absolute atomic E-state index is 13.1. The SMILES string of the molecule is NCC(c1cccc(F)c1)C1CCOC1. The Kier molecular flexibility index (Phi) is 3.34. The van der Waals surface area contributed by atoms with Crippen LogP contribution in [0.25, 0.3) is 0 Å². The van der Waals surface area contributed by atoms with Crippen molar-refractivity contribution in [3.05, 3.63) is 35.6 Å². The van der Waals surface area contributed by atoms with Gasteiger partial charge in [0.2, 0.25) is 0 Å². The molecule has 0 aliphatic carbocycles. The summed E-state index contributed by atoms with van der Waals surface area (Å²) in [5.41, 5.74) is 6.75. The van der Waals surface area contributed by atoms with Gasteiger partial charge < -0.3 is 10.5 Å². The molecule has 1 heterocycles. The van der Waals surface area contributed by atoms with Gasteiger partial charge in [-0.1, -0.05) is 12.1 Å². The first-order chi connectivity index (χ1) is 7.31. The Hall–Kier alpha value is -0.930. The number of halogens is 1. The van der Waals surface area contributed by atoms with Crippen LogP contribution in [0.2, 0.25) is 0 Å². The van der Waals surface area contributed by atoms with E-state index in [1.807, 2.05) is 6.07 Å². The van der Waals surface area contributed by atoms with Gasteiger partial charge in [-0.25, -0.2) is 4.39 Å². The molecule has 0 aromatic heterocycles. The van der Waals surface area contributed by atoms with Crippen LogP contribution in [0.3, 0.4) is 0 Å².